The van der Waals surface area contributed by atoms with Gasteiger partial charge in [-0.05, 0) is 69.2 Å². The highest BCUT2D eigenvalue weighted by Crippen LogP contribution is 2.29. The van der Waals surface area contributed by atoms with Crippen LogP contribution in [0.4, 0.5) is 11.6 Å². The van der Waals surface area contributed by atoms with Crippen molar-refractivity contribution < 1.29 is 0 Å². The van der Waals surface area contributed by atoms with Gasteiger partial charge in [-0.15, -0.1) is 0 Å². The fourth-order valence-electron chi connectivity index (χ4n) is 4.00. The third-order valence-electron chi connectivity index (χ3n) is 5.45. The molecule has 2 aromatic heterocycles. The summed E-state index contributed by atoms with van der Waals surface area (Å²) in [7, 11) is 3.94. The maximum atomic E-state index is 6.17. The fourth-order valence-corrected chi connectivity index (χ4v) is 4.17. The van der Waals surface area contributed by atoms with Gasteiger partial charge in [-0.2, -0.15) is 0 Å². The molecule has 0 amide bonds. The van der Waals surface area contributed by atoms with Gasteiger partial charge in [0.05, 0.1) is 11.2 Å². The van der Waals surface area contributed by atoms with E-state index in [2.05, 4.69) is 35.9 Å². The van der Waals surface area contributed by atoms with Crippen molar-refractivity contribution in [2.75, 3.05) is 23.9 Å². The zero-order valence-electron chi connectivity index (χ0n) is 17.3. The Morgan fingerprint density at radius 3 is 2.48 bits per heavy atom. The van der Waals surface area contributed by atoms with E-state index in [1.165, 1.54) is 12.8 Å². The van der Waals surface area contributed by atoms with Crippen molar-refractivity contribution in [3.8, 4) is 0 Å². The Kier molecular flexibility index (Phi) is 5.41. The summed E-state index contributed by atoms with van der Waals surface area (Å²) in [5, 5.41) is 1.62. The minimum Gasteiger partial charge on any atom is -0.362 e. The fraction of sp³-hybridized carbons (Fsp3) is 0.348. The zero-order chi connectivity index (χ0) is 20.5. The van der Waals surface area contributed by atoms with Crippen molar-refractivity contribution in [2.24, 2.45) is 0 Å². The number of halogens is 1. The molecule has 3 aromatic rings. The molecule has 29 heavy (non-hydrogen) atoms. The van der Waals surface area contributed by atoms with E-state index >= 15 is 0 Å². The van der Waals surface area contributed by atoms with Crippen LogP contribution in [0, 0.1) is 0 Å². The molecular weight excluding hydrogens is 382 g/mol. The standard InChI is InChI=1S/C23H26ClN5/c1-15-8-9-16(2)29(15)22-7-5-6-18(25-22)11-13-21-26-20-12-10-17(24)14-19(20)23(27-21)28(3)4/h5-7,10-16H,8-9H2,1-4H3. The van der Waals surface area contributed by atoms with Gasteiger partial charge in [0, 0.05) is 36.6 Å². The van der Waals surface area contributed by atoms with E-state index < -0.39 is 0 Å². The predicted octanol–water partition coefficient (Wildman–Crippen LogP) is 5.29. The second-order valence-electron chi connectivity index (χ2n) is 7.90. The number of nitrogens with zero attached hydrogens (tertiary/aromatic N) is 5. The molecule has 0 bridgehead atoms. The highest BCUT2D eigenvalue weighted by molar-refractivity contribution is 6.31. The molecule has 1 aromatic carbocycles. The number of benzene rings is 1. The SMILES string of the molecule is CC1CCC(C)N1c1cccc(C=Cc2nc(N(C)C)c3cc(Cl)ccc3n2)n1. The lowest BCUT2D eigenvalue weighted by atomic mass is 10.2. The Balaban J connectivity index is 1.67. The molecule has 150 valence electrons. The predicted molar refractivity (Wildman–Crippen MR) is 123 cm³/mol. The Bertz CT molecular complexity index is 1050. The van der Waals surface area contributed by atoms with Gasteiger partial charge in [0.25, 0.3) is 0 Å². The van der Waals surface area contributed by atoms with E-state index in [0.717, 1.165) is 28.2 Å². The van der Waals surface area contributed by atoms with Crippen LogP contribution in [0.2, 0.25) is 5.02 Å². The van der Waals surface area contributed by atoms with Crippen molar-refractivity contribution in [3.63, 3.8) is 0 Å². The molecule has 1 aliphatic rings. The van der Waals surface area contributed by atoms with Crippen LogP contribution in [0.15, 0.2) is 36.4 Å². The lowest BCUT2D eigenvalue weighted by molar-refractivity contribution is 0.683. The van der Waals surface area contributed by atoms with Crippen molar-refractivity contribution in [1.29, 1.82) is 0 Å². The summed E-state index contributed by atoms with van der Waals surface area (Å²) >= 11 is 6.17. The van der Waals surface area contributed by atoms with Crippen molar-refractivity contribution in [3.05, 3.63) is 52.9 Å². The molecule has 0 spiro atoms. The van der Waals surface area contributed by atoms with E-state index in [9.17, 15) is 0 Å². The first-order chi connectivity index (χ1) is 13.9. The van der Waals surface area contributed by atoms with Crippen LogP contribution in [-0.2, 0) is 0 Å². The van der Waals surface area contributed by atoms with E-state index in [1.54, 1.807) is 0 Å². The topological polar surface area (TPSA) is 45.2 Å². The Morgan fingerprint density at radius 2 is 1.76 bits per heavy atom. The minimum absolute atomic E-state index is 0.523. The lowest BCUT2D eigenvalue weighted by Gasteiger charge is -2.27. The van der Waals surface area contributed by atoms with Gasteiger partial charge >= 0.3 is 0 Å². The van der Waals surface area contributed by atoms with Gasteiger partial charge in [-0.25, -0.2) is 15.0 Å². The van der Waals surface area contributed by atoms with Gasteiger partial charge < -0.3 is 9.80 Å². The summed E-state index contributed by atoms with van der Waals surface area (Å²) in [5.41, 5.74) is 1.77. The molecule has 2 atom stereocenters. The first kappa shape index (κ1) is 19.6. The van der Waals surface area contributed by atoms with Crippen LogP contribution in [-0.4, -0.2) is 41.1 Å². The molecule has 2 unspecified atom stereocenters. The number of rotatable bonds is 4. The Morgan fingerprint density at radius 1 is 1.00 bits per heavy atom. The number of aromatic nitrogens is 3. The van der Waals surface area contributed by atoms with Crippen LogP contribution < -0.4 is 9.80 Å². The van der Waals surface area contributed by atoms with E-state index in [1.807, 2.05) is 55.4 Å². The van der Waals surface area contributed by atoms with Crippen molar-refractivity contribution in [2.45, 2.75) is 38.8 Å². The average Bonchev–Trinajstić information content (AvgIpc) is 3.04. The van der Waals surface area contributed by atoms with Crippen LogP contribution in [0.1, 0.15) is 38.2 Å². The molecule has 4 rings (SSSR count). The summed E-state index contributed by atoms with van der Waals surface area (Å²) in [6, 6.07) is 12.9. The summed E-state index contributed by atoms with van der Waals surface area (Å²) in [6.45, 7) is 4.54. The van der Waals surface area contributed by atoms with Crippen LogP contribution >= 0.6 is 11.6 Å². The van der Waals surface area contributed by atoms with Crippen molar-refractivity contribution >= 4 is 46.3 Å². The quantitative estimate of drug-likeness (QED) is 0.587. The Labute approximate surface area is 177 Å². The average molecular weight is 408 g/mol. The normalized spacial score (nSPS) is 19.4. The van der Waals surface area contributed by atoms with Gasteiger partial charge in [-0.1, -0.05) is 17.7 Å². The first-order valence-corrected chi connectivity index (χ1v) is 10.4. The number of hydrogen-bond acceptors (Lipinski definition) is 5. The number of hydrogen-bond donors (Lipinski definition) is 0. The molecule has 0 aliphatic carbocycles. The van der Waals surface area contributed by atoms with Crippen LogP contribution in [0.3, 0.4) is 0 Å². The highest BCUT2D eigenvalue weighted by atomic mass is 35.5. The molecule has 0 saturated carbocycles. The second-order valence-corrected chi connectivity index (χ2v) is 8.33. The molecular formula is C23H26ClN5. The maximum Gasteiger partial charge on any atom is 0.155 e. The molecule has 1 fully saturated rings. The molecule has 5 nitrogen and oxygen atoms in total. The number of fused-ring (bicyclic) bond motifs is 1. The third kappa shape index (κ3) is 4.06. The van der Waals surface area contributed by atoms with E-state index in [-0.39, 0.29) is 0 Å². The van der Waals surface area contributed by atoms with Gasteiger partial charge in [-0.3, -0.25) is 0 Å². The Hall–Kier alpha value is -2.66. The van der Waals surface area contributed by atoms with Gasteiger partial charge in [0.15, 0.2) is 5.82 Å². The van der Waals surface area contributed by atoms with Gasteiger partial charge in [0.1, 0.15) is 11.6 Å². The van der Waals surface area contributed by atoms with Crippen LogP contribution in [0.25, 0.3) is 23.1 Å². The molecule has 3 heterocycles. The van der Waals surface area contributed by atoms with Crippen LogP contribution in [0.5, 0.6) is 0 Å². The monoisotopic (exact) mass is 407 g/mol. The third-order valence-corrected chi connectivity index (χ3v) is 5.69. The summed E-state index contributed by atoms with van der Waals surface area (Å²) in [4.78, 5) is 18.6. The summed E-state index contributed by atoms with van der Waals surface area (Å²) in [6.07, 6.45) is 6.33. The maximum absolute atomic E-state index is 6.17. The number of anilines is 2. The smallest absolute Gasteiger partial charge is 0.155 e. The van der Waals surface area contributed by atoms with Gasteiger partial charge in [0.2, 0.25) is 0 Å². The molecule has 6 heteroatoms. The molecule has 0 N–H and O–H groups in total. The minimum atomic E-state index is 0.523. The lowest BCUT2D eigenvalue weighted by Crippen LogP contribution is -2.33. The zero-order valence-corrected chi connectivity index (χ0v) is 18.1. The summed E-state index contributed by atoms with van der Waals surface area (Å²) in [5.74, 6) is 2.53. The molecule has 0 radical (unpaired) electrons. The largest absolute Gasteiger partial charge is 0.362 e. The van der Waals surface area contributed by atoms with E-state index in [0.29, 0.717) is 22.9 Å². The summed E-state index contributed by atoms with van der Waals surface area (Å²) < 4.78 is 0. The number of pyridine rings is 1. The van der Waals surface area contributed by atoms with Crippen molar-refractivity contribution in [1.82, 2.24) is 15.0 Å². The molecule has 1 saturated heterocycles. The van der Waals surface area contributed by atoms with E-state index in [4.69, 9.17) is 21.6 Å². The molecule has 1 aliphatic heterocycles. The second kappa shape index (κ2) is 7.99. The highest BCUT2D eigenvalue weighted by Gasteiger charge is 2.28. The first-order valence-electron chi connectivity index (χ1n) is 10.0.